The number of Topliss-reactive ketones (excluding diaryl/α,β-unsaturated/α-hetero) is 5. The van der Waals surface area contributed by atoms with E-state index in [9.17, 15) is 66.6 Å². The molecule has 31 heteroatoms. The Morgan fingerprint density at radius 1 is 0.455 bits per heavy atom. The number of aromatic hydroxyl groups is 1. The fourth-order valence-electron chi connectivity index (χ4n) is 12.1. The molecule has 0 spiro atoms. The Kier molecular flexibility index (Phi) is 60.6. The molecular weight excluding hydrogens is 1450 g/mol. The molecule has 12 N–H and O–H groups in total. The lowest BCUT2D eigenvalue weighted by atomic mass is 9.75. The second-order valence-corrected chi connectivity index (χ2v) is 30.1. The summed E-state index contributed by atoms with van der Waals surface area (Å²) in [6.45, 7) is 13.6. The smallest absolute Gasteiger partial charge is 0.306 e. The number of rotatable bonds is 79. The van der Waals surface area contributed by atoms with E-state index >= 15 is 0 Å². The van der Waals surface area contributed by atoms with Crippen molar-refractivity contribution in [3.8, 4) is 5.75 Å². The average molecular weight is 1580 g/mol. The van der Waals surface area contributed by atoms with Gasteiger partial charge in [-0.05, 0) is 81.4 Å². The number of carboxylic acids is 1. The summed E-state index contributed by atoms with van der Waals surface area (Å²) in [5.41, 5.74) is 12.7. The van der Waals surface area contributed by atoms with Crippen LogP contribution in [0.1, 0.15) is 213 Å². The lowest BCUT2D eigenvalue weighted by Gasteiger charge is -2.27. The molecule has 0 aliphatic carbocycles. The van der Waals surface area contributed by atoms with Gasteiger partial charge in [0.05, 0.1) is 96.8 Å². The van der Waals surface area contributed by atoms with Gasteiger partial charge in [0.25, 0.3) is 10.1 Å². The first-order valence-electron chi connectivity index (χ1n) is 39.7. The van der Waals surface area contributed by atoms with Crippen LogP contribution in [0.2, 0.25) is 0 Å². The summed E-state index contributed by atoms with van der Waals surface area (Å²) in [6.07, 6.45) is 17.3. The summed E-state index contributed by atoms with van der Waals surface area (Å²) in [6, 6.07) is 6.28. The number of phenolic OH excluding ortho intramolecular Hbond substituents is 1. The fraction of sp³-hybridized carbons (Fsp3) is 0.759. The molecule has 5 atom stereocenters. The topological polar surface area (TPSA) is 463 Å². The van der Waals surface area contributed by atoms with Crippen LogP contribution in [0.15, 0.2) is 36.5 Å². The first kappa shape index (κ1) is 101. The van der Waals surface area contributed by atoms with Crippen LogP contribution in [-0.2, 0) is 102 Å². The van der Waals surface area contributed by atoms with E-state index in [1.54, 1.807) is 19.1 Å². The third kappa shape index (κ3) is 60.0. The maximum atomic E-state index is 14.3. The first-order chi connectivity index (χ1) is 52.7. The van der Waals surface area contributed by atoms with Crippen molar-refractivity contribution in [3.05, 3.63) is 42.1 Å². The maximum Gasteiger partial charge on any atom is 0.306 e. The third-order valence-electron chi connectivity index (χ3n) is 18.2. The van der Waals surface area contributed by atoms with Crippen molar-refractivity contribution in [2.45, 2.75) is 213 Å². The van der Waals surface area contributed by atoms with Gasteiger partial charge in [-0.25, -0.2) is 0 Å². The number of amides is 4. The Hall–Kier alpha value is -6.68. The van der Waals surface area contributed by atoms with Crippen LogP contribution in [-0.4, -0.2) is 225 Å². The van der Waals surface area contributed by atoms with Gasteiger partial charge in [-0.1, -0.05) is 123 Å². The molecule has 1 aromatic carbocycles. The Balaban J connectivity index is 2.08. The van der Waals surface area contributed by atoms with E-state index in [1.165, 1.54) is 12.1 Å². The Morgan fingerprint density at radius 3 is 1.45 bits per heavy atom. The second kappa shape index (κ2) is 65.8. The number of carbonyl (C=O) groups is 10. The molecule has 4 amide bonds. The Labute approximate surface area is 653 Å². The molecule has 0 radical (unpaired) electrons. The van der Waals surface area contributed by atoms with Crippen molar-refractivity contribution >= 4 is 74.5 Å². The number of aliphatic carboxylic acids is 1. The average Bonchev–Trinajstić information content (AvgIpc) is 0.838. The number of nitrogens with one attached hydrogen (secondary N) is 5. The Bertz CT molecular complexity index is 2890. The second-order valence-electron chi connectivity index (χ2n) is 28.6. The molecule has 0 aliphatic heterocycles. The van der Waals surface area contributed by atoms with Crippen molar-refractivity contribution in [2.75, 3.05) is 138 Å². The quantitative estimate of drug-likeness (QED) is 0.0128. The van der Waals surface area contributed by atoms with Gasteiger partial charge in [0, 0.05) is 114 Å². The van der Waals surface area contributed by atoms with Crippen molar-refractivity contribution < 1.29 is 109 Å². The van der Waals surface area contributed by atoms with Gasteiger partial charge < -0.3 is 80.8 Å². The van der Waals surface area contributed by atoms with Crippen LogP contribution in [0.5, 0.6) is 5.75 Å². The molecule has 30 nitrogen and oxygen atoms in total. The van der Waals surface area contributed by atoms with Gasteiger partial charge in [0.15, 0.2) is 5.78 Å². The Morgan fingerprint density at radius 2 is 0.918 bits per heavy atom. The van der Waals surface area contributed by atoms with Crippen LogP contribution < -0.4 is 32.7 Å². The molecule has 0 saturated carbocycles. The van der Waals surface area contributed by atoms with E-state index in [0.717, 1.165) is 77.0 Å². The van der Waals surface area contributed by atoms with Gasteiger partial charge >= 0.3 is 5.97 Å². The molecule has 1 aromatic rings. The number of unbranched alkanes of at least 4 members (excludes halogenated alkanes) is 14. The van der Waals surface area contributed by atoms with E-state index in [2.05, 4.69) is 27.8 Å². The van der Waals surface area contributed by atoms with Gasteiger partial charge in [0.1, 0.15) is 48.7 Å². The van der Waals surface area contributed by atoms with E-state index < -0.39 is 51.6 Å². The SMILES string of the molecule is C=C(COCCOCCNC(=O)CC[C@H](CC(=O)CCCCCCCCCCCCCCCS(=O)(=O)O)C(=O)O)NCCOCCOCC(=O)NCCOCCOCC(=O)CCCOCCOCC(=O)NCCCC[C@H](CC(=O)CC(C)C)C(=O)C(C)[C@@H](CCCCC(=N)N)C(=O)C[C@@H](Cc1ccc(O)cc1)C(N)=O. The minimum absolute atomic E-state index is 0.0108. The predicted octanol–water partition coefficient (Wildman–Crippen LogP) is 7.83. The summed E-state index contributed by atoms with van der Waals surface area (Å²) >= 11 is 0. The zero-order valence-corrected chi connectivity index (χ0v) is 66.9. The van der Waals surface area contributed by atoms with Gasteiger partial charge in [-0.2, -0.15) is 8.42 Å². The lowest BCUT2D eigenvalue weighted by Crippen LogP contribution is -2.36. The van der Waals surface area contributed by atoms with Gasteiger partial charge in [-0.15, -0.1) is 0 Å². The molecular formula is C79H135N7O23S. The lowest BCUT2D eigenvalue weighted by molar-refractivity contribution is -0.144. The predicted molar refractivity (Wildman–Crippen MR) is 417 cm³/mol. The summed E-state index contributed by atoms with van der Waals surface area (Å²) in [5, 5.41) is 38.3. The molecule has 630 valence electrons. The van der Waals surface area contributed by atoms with Crippen LogP contribution >= 0.6 is 0 Å². The number of ketones is 5. The molecule has 1 rings (SSSR count). The van der Waals surface area contributed by atoms with Crippen molar-refractivity contribution in [3.63, 3.8) is 0 Å². The van der Waals surface area contributed by atoms with E-state index in [4.69, 9.17) is 59.3 Å². The molecule has 0 aliphatic rings. The summed E-state index contributed by atoms with van der Waals surface area (Å²) in [4.78, 5) is 128. The maximum absolute atomic E-state index is 14.3. The van der Waals surface area contributed by atoms with Crippen LogP contribution in [0.25, 0.3) is 0 Å². The highest BCUT2D eigenvalue weighted by molar-refractivity contribution is 7.85. The number of hydrogen-bond donors (Lipinski definition) is 10. The summed E-state index contributed by atoms with van der Waals surface area (Å²) in [5.74, 6) is -7.41. The number of carboxylic acid groups (broad SMARTS) is 1. The first-order valence-corrected chi connectivity index (χ1v) is 41.3. The molecule has 0 bridgehead atoms. The van der Waals surface area contributed by atoms with Crippen LogP contribution in [0.4, 0.5) is 0 Å². The van der Waals surface area contributed by atoms with Crippen LogP contribution in [0.3, 0.4) is 0 Å². The van der Waals surface area contributed by atoms with Crippen LogP contribution in [0, 0.1) is 40.9 Å². The number of benzene rings is 1. The molecule has 0 aromatic heterocycles. The highest BCUT2D eigenvalue weighted by Gasteiger charge is 2.36. The summed E-state index contributed by atoms with van der Waals surface area (Å²) < 4.78 is 74.1. The number of phenols is 1. The highest BCUT2D eigenvalue weighted by atomic mass is 32.2. The normalized spacial score (nSPS) is 12.9. The number of amidine groups is 1. The minimum Gasteiger partial charge on any atom is -0.508 e. The highest BCUT2D eigenvalue weighted by Crippen LogP contribution is 2.31. The molecule has 0 fully saturated rings. The van der Waals surface area contributed by atoms with Crippen molar-refractivity contribution in [2.24, 2.45) is 47.0 Å². The number of primary amides is 1. The zero-order valence-electron chi connectivity index (χ0n) is 66.1. The van der Waals surface area contributed by atoms with E-state index in [0.29, 0.717) is 115 Å². The molecule has 110 heavy (non-hydrogen) atoms. The summed E-state index contributed by atoms with van der Waals surface area (Å²) in [7, 11) is -3.86. The minimum atomic E-state index is -3.86. The zero-order chi connectivity index (χ0) is 81.4. The van der Waals surface area contributed by atoms with E-state index in [1.807, 2.05) is 13.8 Å². The molecule has 0 heterocycles. The fourth-order valence-corrected chi connectivity index (χ4v) is 12.6. The standard InChI is InChI=1S/C79H135N7O23S/c1-60(2)51-70(90)53-64(77(95)62(4)71(26-17-18-27-73(80)81)72(91)55-66(78(82)96)52-63-28-31-67(87)32-29-63)23-19-20-34-84-75(93)58-108-48-42-102-38-22-25-69(89)57-107-47-44-105-41-37-86-76(94)59-109-49-45-103-39-35-83-61(3)56-106-46-43-104-40-36-85-74(92)33-30-65(79(97)98)54-68(88)24-16-14-12-10-8-6-5-7-9-11-13-15-21-50-110(99,100)101/h28-29,31-32,60,62,64-66,71,83,87H,3,5-27,30,33-59H2,1-2,4H3,(H3,80,81)(H2,82,96)(H,84,93)(H,85,92)(H,86,94)(H,97,98)(H,99,100,101)/t62?,64-,65-,66-,71-/m1/s1. The van der Waals surface area contributed by atoms with Gasteiger partial charge in [-0.3, -0.25) is 57.9 Å². The monoisotopic (exact) mass is 1580 g/mol. The number of nitrogens with two attached hydrogens (primary N) is 2. The third-order valence-corrected chi connectivity index (χ3v) is 19.0. The molecule has 0 saturated heterocycles. The molecule has 1 unspecified atom stereocenters. The van der Waals surface area contributed by atoms with Crippen molar-refractivity contribution in [1.82, 2.24) is 21.3 Å². The largest absolute Gasteiger partial charge is 0.508 e. The van der Waals surface area contributed by atoms with Crippen molar-refractivity contribution in [1.29, 1.82) is 5.41 Å². The van der Waals surface area contributed by atoms with Gasteiger partial charge in [0.2, 0.25) is 23.6 Å². The number of ether oxygens (including phenoxy) is 8. The van der Waals surface area contributed by atoms with E-state index in [-0.39, 0.29) is 214 Å². The number of hydrogen-bond acceptors (Lipinski definition) is 23. The number of carbonyl (C=O) groups excluding carboxylic acids is 9.